The van der Waals surface area contributed by atoms with Crippen molar-refractivity contribution in [1.82, 2.24) is 5.48 Å². The highest BCUT2D eigenvalue weighted by Gasteiger charge is 2.01. The molecule has 2 rings (SSSR count). The summed E-state index contributed by atoms with van der Waals surface area (Å²) in [4.78, 5) is 10.8. The summed E-state index contributed by atoms with van der Waals surface area (Å²) >= 11 is 5.86. The van der Waals surface area contributed by atoms with E-state index in [0.717, 1.165) is 16.9 Å². The van der Waals surface area contributed by atoms with Gasteiger partial charge in [0.25, 0.3) is 0 Å². The van der Waals surface area contributed by atoms with E-state index in [0.29, 0.717) is 18.1 Å². The number of rotatable bonds is 6. The first-order chi connectivity index (χ1) is 10.2. The topological polar surface area (TPSA) is 58.6 Å². The minimum atomic E-state index is -0.406. The van der Waals surface area contributed by atoms with Gasteiger partial charge in [-0.05, 0) is 41.8 Å². The third kappa shape index (κ3) is 4.77. The maximum Gasteiger partial charge on any atom is 0.243 e. The van der Waals surface area contributed by atoms with Gasteiger partial charge in [0, 0.05) is 11.4 Å². The van der Waals surface area contributed by atoms with Gasteiger partial charge in [0.2, 0.25) is 5.91 Å². The van der Waals surface area contributed by atoms with Crippen LogP contribution in [0.5, 0.6) is 5.75 Å². The van der Waals surface area contributed by atoms with Gasteiger partial charge in [0.05, 0.1) is 6.61 Å². The fraction of sp³-hybridized carbons (Fsp3) is 0.188. The predicted molar refractivity (Wildman–Crippen MR) is 81.5 cm³/mol. The lowest BCUT2D eigenvalue weighted by Gasteiger charge is -2.07. The molecule has 0 aromatic heterocycles. The number of hydroxylamine groups is 1. The highest BCUT2D eigenvalue weighted by atomic mass is 35.5. The second kappa shape index (κ2) is 7.67. The van der Waals surface area contributed by atoms with Crippen LogP contribution >= 0.6 is 11.6 Å². The Hall–Kier alpha value is -2.04. The predicted octanol–water partition coefficient (Wildman–Crippen LogP) is 3.67. The number of benzene rings is 2. The fourth-order valence-electron chi connectivity index (χ4n) is 1.86. The Balaban J connectivity index is 1.87. The van der Waals surface area contributed by atoms with Crippen molar-refractivity contribution in [2.24, 2.45) is 0 Å². The second-order valence-electron chi connectivity index (χ2n) is 4.52. The van der Waals surface area contributed by atoms with Crippen LogP contribution in [0.2, 0.25) is 5.02 Å². The Morgan fingerprint density at radius 2 is 1.62 bits per heavy atom. The molecule has 0 atom stereocenters. The quantitative estimate of drug-likeness (QED) is 0.486. The average Bonchev–Trinajstić information content (AvgIpc) is 2.52. The summed E-state index contributed by atoms with van der Waals surface area (Å²) in [6.45, 7) is 0.424. The average molecular weight is 306 g/mol. The Morgan fingerprint density at radius 1 is 1.05 bits per heavy atom. The van der Waals surface area contributed by atoms with Gasteiger partial charge in [-0.2, -0.15) is 0 Å². The van der Waals surface area contributed by atoms with Gasteiger partial charge in [-0.15, -0.1) is 0 Å². The van der Waals surface area contributed by atoms with Crippen LogP contribution in [-0.4, -0.2) is 17.7 Å². The molecular weight excluding hydrogens is 290 g/mol. The lowest BCUT2D eigenvalue weighted by Crippen LogP contribution is -2.18. The maximum absolute atomic E-state index is 10.8. The molecule has 0 spiro atoms. The zero-order valence-electron chi connectivity index (χ0n) is 11.4. The van der Waals surface area contributed by atoms with Gasteiger partial charge >= 0.3 is 0 Å². The number of carbonyl (C=O) groups is 1. The van der Waals surface area contributed by atoms with Crippen molar-refractivity contribution in [1.29, 1.82) is 0 Å². The van der Waals surface area contributed by atoms with Crippen LogP contribution in [0.4, 0.5) is 0 Å². The van der Waals surface area contributed by atoms with Crippen molar-refractivity contribution >= 4 is 17.5 Å². The van der Waals surface area contributed by atoms with Gasteiger partial charge in [-0.25, -0.2) is 5.48 Å². The van der Waals surface area contributed by atoms with Crippen molar-refractivity contribution in [3.63, 3.8) is 0 Å². The van der Waals surface area contributed by atoms with E-state index in [1.807, 2.05) is 48.5 Å². The summed E-state index contributed by atoms with van der Waals surface area (Å²) in [5.74, 6) is 0.341. The molecule has 21 heavy (non-hydrogen) atoms. The molecule has 0 aliphatic rings. The summed E-state index contributed by atoms with van der Waals surface area (Å²) in [5, 5.41) is 9.07. The third-order valence-corrected chi connectivity index (χ3v) is 3.23. The van der Waals surface area contributed by atoms with Crippen LogP contribution in [-0.2, 0) is 4.79 Å². The number of hydrogen-bond donors (Lipinski definition) is 2. The molecule has 0 saturated heterocycles. The number of ether oxygens (including phenoxy) is 1. The molecule has 5 heteroatoms. The summed E-state index contributed by atoms with van der Waals surface area (Å²) in [6, 6.07) is 15.3. The molecule has 0 unspecified atom stereocenters. The number of amides is 1. The van der Waals surface area contributed by atoms with Gasteiger partial charge in [-0.3, -0.25) is 10.0 Å². The van der Waals surface area contributed by atoms with E-state index in [1.54, 1.807) is 5.48 Å². The van der Waals surface area contributed by atoms with Crippen molar-refractivity contribution < 1.29 is 14.7 Å². The molecule has 0 aliphatic carbocycles. The van der Waals surface area contributed by atoms with Gasteiger partial charge in [-0.1, -0.05) is 35.9 Å². The van der Waals surface area contributed by atoms with Crippen molar-refractivity contribution in [3.05, 3.63) is 53.6 Å². The van der Waals surface area contributed by atoms with Crippen molar-refractivity contribution in [2.45, 2.75) is 12.8 Å². The summed E-state index contributed by atoms with van der Waals surface area (Å²) in [7, 11) is 0. The number of nitrogens with one attached hydrogen (secondary N) is 1. The molecule has 2 aromatic carbocycles. The smallest absolute Gasteiger partial charge is 0.243 e. The van der Waals surface area contributed by atoms with E-state index in [9.17, 15) is 4.79 Å². The lowest BCUT2D eigenvalue weighted by molar-refractivity contribution is -0.129. The fourth-order valence-corrected chi connectivity index (χ4v) is 1.99. The molecule has 0 aliphatic heterocycles. The molecule has 110 valence electrons. The molecule has 0 heterocycles. The lowest BCUT2D eigenvalue weighted by atomic mass is 10.1. The molecule has 0 bridgehead atoms. The largest absolute Gasteiger partial charge is 0.494 e. The first-order valence-electron chi connectivity index (χ1n) is 6.61. The van der Waals surface area contributed by atoms with E-state index < -0.39 is 5.91 Å². The highest BCUT2D eigenvalue weighted by molar-refractivity contribution is 6.30. The molecule has 2 aromatic rings. The Bertz CT molecular complexity index is 581. The van der Waals surface area contributed by atoms with Crippen molar-refractivity contribution in [3.8, 4) is 16.9 Å². The molecule has 1 amide bonds. The van der Waals surface area contributed by atoms with Gasteiger partial charge in [0.1, 0.15) is 5.75 Å². The molecule has 0 radical (unpaired) electrons. The van der Waals surface area contributed by atoms with E-state index >= 15 is 0 Å². The van der Waals surface area contributed by atoms with Gasteiger partial charge < -0.3 is 4.74 Å². The van der Waals surface area contributed by atoms with E-state index in [2.05, 4.69) is 0 Å². The Morgan fingerprint density at radius 3 is 2.19 bits per heavy atom. The van der Waals surface area contributed by atoms with Crippen LogP contribution < -0.4 is 10.2 Å². The monoisotopic (exact) mass is 305 g/mol. The normalized spacial score (nSPS) is 10.2. The SMILES string of the molecule is O=C(CCCOc1ccc(-c2ccc(Cl)cc2)cc1)NO. The van der Waals surface area contributed by atoms with E-state index in [4.69, 9.17) is 21.5 Å². The summed E-state index contributed by atoms with van der Waals surface area (Å²) in [5.41, 5.74) is 3.76. The van der Waals surface area contributed by atoms with Crippen LogP contribution in [0.15, 0.2) is 48.5 Å². The third-order valence-electron chi connectivity index (χ3n) is 2.97. The highest BCUT2D eigenvalue weighted by Crippen LogP contribution is 2.23. The van der Waals surface area contributed by atoms with E-state index in [1.165, 1.54) is 0 Å². The van der Waals surface area contributed by atoms with Gasteiger partial charge in [0.15, 0.2) is 0 Å². The number of hydrogen-bond acceptors (Lipinski definition) is 3. The molecule has 2 N–H and O–H groups in total. The first-order valence-corrected chi connectivity index (χ1v) is 6.98. The standard InChI is InChI=1S/C16H16ClNO3/c17-14-7-3-12(4-8-14)13-5-9-15(10-6-13)21-11-1-2-16(19)18-20/h3-10,20H,1-2,11H2,(H,18,19). The summed E-state index contributed by atoms with van der Waals surface area (Å²) < 4.78 is 5.53. The summed E-state index contributed by atoms with van der Waals surface area (Å²) in [6.07, 6.45) is 0.782. The molecule has 0 fully saturated rings. The Labute approximate surface area is 128 Å². The molecule has 4 nitrogen and oxygen atoms in total. The van der Waals surface area contributed by atoms with Crippen LogP contribution in [0.1, 0.15) is 12.8 Å². The molecule has 0 saturated carbocycles. The van der Waals surface area contributed by atoms with Crippen LogP contribution in [0.3, 0.4) is 0 Å². The number of halogens is 1. The van der Waals surface area contributed by atoms with Crippen LogP contribution in [0.25, 0.3) is 11.1 Å². The second-order valence-corrected chi connectivity index (χ2v) is 4.95. The van der Waals surface area contributed by atoms with Crippen LogP contribution in [0, 0.1) is 0 Å². The molecular formula is C16H16ClNO3. The number of carbonyl (C=O) groups excluding carboxylic acids is 1. The minimum absolute atomic E-state index is 0.235. The maximum atomic E-state index is 10.8. The minimum Gasteiger partial charge on any atom is -0.494 e. The van der Waals surface area contributed by atoms with E-state index in [-0.39, 0.29) is 6.42 Å². The van der Waals surface area contributed by atoms with Crippen molar-refractivity contribution in [2.75, 3.05) is 6.61 Å². The zero-order chi connectivity index (χ0) is 15.1. The first kappa shape index (κ1) is 15.4. The zero-order valence-corrected chi connectivity index (χ0v) is 12.1. The Kier molecular flexibility index (Phi) is 5.60.